The third kappa shape index (κ3) is 10.3. The lowest BCUT2D eigenvalue weighted by Gasteiger charge is -2.37. The lowest BCUT2D eigenvalue weighted by molar-refractivity contribution is -0.137. The standard InChI is InChI=1S/C18H35NO5Si/c1-10-22-15(20)12-11-14(19-16(21)24-17(2,3)4)13-23-25(8,9)18(5,6)7/h11-12,14H,10,13H2,1-9H3,(H,19,21)/t14-/m0/s1. The van der Waals surface area contributed by atoms with E-state index in [0.717, 1.165) is 0 Å². The Morgan fingerprint density at radius 3 is 2.12 bits per heavy atom. The first-order chi connectivity index (χ1) is 11.2. The molecule has 0 aliphatic heterocycles. The van der Waals surface area contributed by atoms with Crippen molar-refractivity contribution >= 4 is 20.4 Å². The SMILES string of the molecule is CCOC(=O)C=C[C@@H](CO[Si](C)(C)C(C)(C)C)NC(=O)OC(C)(C)C. The van der Waals surface area contributed by atoms with Crippen molar-refractivity contribution in [2.75, 3.05) is 13.2 Å². The molecule has 0 bridgehead atoms. The summed E-state index contributed by atoms with van der Waals surface area (Å²) in [7, 11) is -1.98. The Bertz CT molecular complexity index is 475. The summed E-state index contributed by atoms with van der Waals surface area (Å²) in [5.41, 5.74) is -0.597. The maximum Gasteiger partial charge on any atom is 0.408 e. The topological polar surface area (TPSA) is 73.9 Å². The second-order valence-corrected chi connectivity index (χ2v) is 13.2. The number of carbonyl (C=O) groups is 2. The zero-order valence-corrected chi connectivity index (χ0v) is 18.2. The van der Waals surface area contributed by atoms with Gasteiger partial charge in [-0.1, -0.05) is 26.8 Å². The molecular weight excluding hydrogens is 338 g/mol. The molecule has 0 saturated carbocycles. The van der Waals surface area contributed by atoms with Crippen LogP contribution in [0.3, 0.4) is 0 Å². The predicted octanol–water partition coefficient (Wildman–Crippen LogP) is 4.02. The molecular formula is C18H35NO5Si. The smallest absolute Gasteiger partial charge is 0.408 e. The summed E-state index contributed by atoms with van der Waals surface area (Å²) in [5, 5.41) is 2.79. The van der Waals surface area contributed by atoms with Crippen LogP contribution in [0.25, 0.3) is 0 Å². The van der Waals surface area contributed by atoms with E-state index >= 15 is 0 Å². The Balaban J connectivity index is 5.01. The van der Waals surface area contributed by atoms with Gasteiger partial charge in [0.05, 0.1) is 19.3 Å². The zero-order valence-electron chi connectivity index (χ0n) is 17.2. The van der Waals surface area contributed by atoms with E-state index in [1.165, 1.54) is 6.08 Å². The van der Waals surface area contributed by atoms with Crippen LogP contribution in [0.5, 0.6) is 0 Å². The summed E-state index contributed by atoms with van der Waals surface area (Å²) in [4.78, 5) is 23.6. The summed E-state index contributed by atoms with van der Waals surface area (Å²) in [5.74, 6) is -0.453. The van der Waals surface area contributed by atoms with Gasteiger partial charge in [-0.25, -0.2) is 9.59 Å². The molecule has 6 nitrogen and oxygen atoms in total. The minimum absolute atomic E-state index is 0.0499. The van der Waals surface area contributed by atoms with Gasteiger partial charge in [0, 0.05) is 6.08 Å². The van der Waals surface area contributed by atoms with Gasteiger partial charge in [0.1, 0.15) is 5.60 Å². The molecule has 0 aromatic carbocycles. The second kappa shape index (κ2) is 9.38. The molecule has 0 fully saturated rings. The number of hydrogen-bond acceptors (Lipinski definition) is 5. The third-order valence-corrected chi connectivity index (χ3v) is 8.38. The minimum atomic E-state index is -1.98. The summed E-state index contributed by atoms with van der Waals surface area (Å²) < 4.78 is 16.3. The number of alkyl carbamates (subject to hydrolysis) is 1. The maximum absolute atomic E-state index is 12.0. The first kappa shape index (κ1) is 23.7. The highest BCUT2D eigenvalue weighted by molar-refractivity contribution is 6.74. The van der Waals surface area contributed by atoms with E-state index in [1.807, 2.05) is 0 Å². The number of hydrogen-bond donors (Lipinski definition) is 1. The fraction of sp³-hybridized carbons (Fsp3) is 0.778. The molecule has 7 heteroatoms. The fourth-order valence-corrected chi connectivity index (χ4v) is 2.53. The molecule has 1 amide bonds. The monoisotopic (exact) mass is 373 g/mol. The highest BCUT2D eigenvalue weighted by Gasteiger charge is 2.37. The van der Waals surface area contributed by atoms with Crippen molar-refractivity contribution in [3.05, 3.63) is 12.2 Å². The molecule has 0 aromatic rings. The molecule has 146 valence electrons. The van der Waals surface area contributed by atoms with E-state index in [2.05, 4.69) is 39.2 Å². The summed E-state index contributed by atoms with van der Waals surface area (Å²) in [6.07, 6.45) is 2.33. The van der Waals surface area contributed by atoms with Gasteiger partial charge in [-0.15, -0.1) is 0 Å². The lowest BCUT2D eigenvalue weighted by atomic mass is 10.2. The van der Waals surface area contributed by atoms with Crippen LogP contribution in [-0.2, 0) is 18.7 Å². The van der Waals surface area contributed by atoms with Crippen LogP contribution in [0, 0.1) is 0 Å². The van der Waals surface area contributed by atoms with Crippen LogP contribution in [0.15, 0.2) is 12.2 Å². The Hall–Kier alpha value is -1.34. The molecule has 0 radical (unpaired) electrons. The molecule has 0 aromatic heterocycles. The van der Waals surface area contributed by atoms with Crippen LogP contribution >= 0.6 is 0 Å². The number of nitrogens with one attached hydrogen (secondary N) is 1. The minimum Gasteiger partial charge on any atom is -0.463 e. The number of amides is 1. The molecule has 0 heterocycles. The van der Waals surface area contributed by atoms with Crippen molar-refractivity contribution in [3.63, 3.8) is 0 Å². The zero-order chi connectivity index (χ0) is 19.9. The fourth-order valence-electron chi connectivity index (χ4n) is 1.50. The average Bonchev–Trinajstić information content (AvgIpc) is 2.38. The number of esters is 1. The Morgan fingerprint density at radius 1 is 1.12 bits per heavy atom. The van der Waals surface area contributed by atoms with Crippen molar-refractivity contribution < 1.29 is 23.5 Å². The van der Waals surface area contributed by atoms with Gasteiger partial charge in [-0.3, -0.25) is 0 Å². The quantitative estimate of drug-likeness (QED) is 0.414. The lowest BCUT2D eigenvalue weighted by Crippen LogP contribution is -2.46. The first-order valence-electron chi connectivity index (χ1n) is 8.66. The van der Waals surface area contributed by atoms with E-state index in [4.69, 9.17) is 13.9 Å². The molecule has 25 heavy (non-hydrogen) atoms. The molecule has 1 atom stereocenters. The highest BCUT2D eigenvalue weighted by atomic mass is 28.4. The number of ether oxygens (including phenoxy) is 2. The summed E-state index contributed by atoms with van der Waals surface area (Å²) in [6.45, 7) is 18.4. The van der Waals surface area contributed by atoms with Crippen LogP contribution in [0.2, 0.25) is 18.1 Å². The van der Waals surface area contributed by atoms with Gasteiger partial charge < -0.3 is 19.2 Å². The largest absolute Gasteiger partial charge is 0.463 e. The third-order valence-electron chi connectivity index (χ3n) is 3.88. The highest BCUT2D eigenvalue weighted by Crippen LogP contribution is 2.36. The molecule has 0 unspecified atom stereocenters. The molecule has 0 aliphatic carbocycles. The Kier molecular flexibility index (Phi) is 8.88. The maximum atomic E-state index is 12.0. The van der Waals surface area contributed by atoms with Crippen molar-refractivity contribution in [2.24, 2.45) is 0 Å². The van der Waals surface area contributed by atoms with Gasteiger partial charge in [0.15, 0.2) is 8.32 Å². The second-order valence-electron chi connectivity index (χ2n) is 8.44. The van der Waals surface area contributed by atoms with E-state index in [9.17, 15) is 9.59 Å². The van der Waals surface area contributed by atoms with Gasteiger partial charge in [-0.2, -0.15) is 0 Å². The molecule has 0 spiro atoms. The Labute approximate surface area is 153 Å². The van der Waals surface area contributed by atoms with E-state index in [0.29, 0.717) is 6.61 Å². The number of carbonyl (C=O) groups excluding carboxylic acids is 2. The van der Waals surface area contributed by atoms with Crippen LogP contribution in [0.4, 0.5) is 4.79 Å². The molecule has 0 rings (SSSR count). The first-order valence-corrected chi connectivity index (χ1v) is 11.6. The Morgan fingerprint density at radius 2 is 1.68 bits per heavy atom. The van der Waals surface area contributed by atoms with E-state index in [-0.39, 0.29) is 11.6 Å². The van der Waals surface area contributed by atoms with Crippen molar-refractivity contribution in [1.29, 1.82) is 0 Å². The van der Waals surface area contributed by atoms with Gasteiger partial charge in [0.25, 0.3) is 0 Å². The van der Waals surface area contributed by atoms with Crippen LogP contribution in [0.1, 0.15) is 48.5 Å². The molecule has 0 aliphatic rings. The van der Waals surface area contributed by atoms with Gasteiger partial charge in [0.2, 0.25) is 0 Å². The summed E-state index contributed by atoms with van der Waals surface area (Å²) >= 11 is 0. The van der Waals surface area contributed by atoms with Crippen molar-refractivity contribution in [3.8, 4) is 0 Å². The van der Waals surface area contributed by atoms with Crippen molar-refractivity contribution in [2.45, 2.75) is 78.2 Å². The van der Waals surface area contributed by atoms with Gasteiger partial charge in [-0.05, 0) is 45.8 Å². The number of rotatable bonds is 7. The predicted molar refractivity (Wildman–Crippen MR) is 102 cm³/mol. The van der Waals surface area contributed by atoms with Crippen LogP contribution < -0.4 is 5.32 Å². The average molecular weight is 374 g/mol. The van der Waals surface area contributed by atoms with E-state index in [1.54, 1.807) is 33.8 Å². The van der Waals surface area contributed by atoms with Gasteiger partial charge >= 0.3 is 12.1 Å². The van der Waals surface area contributed by atoms with Crippen molar-refractivity contribution in [1.82, 2.24) is 5.32 Å². The van der Waals surface area contributed by atoms with E-state index < -0.39 is 32.0 Å². The molecule has 1 N–H and O–H groups in total. The molecule has 0 saturated heterocycles. The summed E-state index contributed by atoms with van der Waals surface area (Å²) in [6, 6.07) is -0.478. The van der Waals surface area contributed by atoms with Crippen LogP contribution in [-0.4, -0.2) is 45.2 Å². The normalized spacial score (nSPS) is 14.3.